The predicted octanol–water partition coefficient (Wildman–Crippen LogP) is 1.94. The molecule has 3 N–H and O–H groups in total. The molecule has 17 heavy (non-hydrogen) atoms. The first-order valence-electron chi connectivity index (χ1n) is 5.80. The summed E-state index contributed by atoms with van der Waals surface area (Å²) in [6, 6.07) is 7.40. The molecule has 1 atom stereocenters. The lowest BCUT2D eigenvalue weighted by Crippen LogP contribution is -2.43. The van der Waals surface area contributed by atoms with E-state index in [2.05, 4.69) is 19.2 Å². The summed E-state index contributed by atoms with van der Waals surface area (Å²) in [4.78, 5) is 14.0. The summed E-state index contributed by atoms with van der Waals surface area (Å²) in [6.07, 6.45) is 0. The normalized spacial score (nSPS) is 12.8. The van der Waals surface area contributed by atoms with Crippen LogP contribution in [-0.2, 0) is 4.79 Å². The van der Waals surface area contributed by atoms with Gasteiger partial charge in [0.1, 0.15) is 0 Å². The van der Waals surface area contributed by atoms with Gasteiger partial charge in [0.05, 0.1) is 17.4 Å². The van der Waals surface area contributed by atoms with Gasteiger partial charge in [-0.05, 0) is 40.0 Å². The van der Waals surface area contributed by atoms with E-state index in [4.69, 9.17) is 5.73 Å². The molecule has 0 aliphatic rings. The van der Waals surface area contributed by atoms with Crippen LogP contribution in [0.4, 0.5) is 11.4 Å². The van der Waals surface area contributed by atoms with E-state index in [0.29, 0.717) is 17.4 Å². The highest BCUT2D eigenvalue weighted by atomic mass is 16.2. The Bertz CT molecular complexity index is 390. The molecule has 4 heteroatoms. The van der Waals surface area contributed by atoms with Crippen molar-refractivity contribution < 1.29 is 4.79 Å². The van der Waals surface area contributed by atoms with Gasteiger partial charge in [-0.3, -0.25) is 9.69 Å². The molecular weight excluding hydrogens is 214 g/mol. The number of rotatable bonds is 4. The number of nitrogens with zero attached hydrogens (tertiary/aromatic N) is 1. The molecule has 1 aromatic rings. The summed E-state index contributed by atoms with van der Waals surface area (Å²) in [5.74, 6) is -0.0425. The molecule has 0 fully saturated rings. The first-order chi connectivity index (χ1) is 7.93. The summed E-state index contributed by atoms with van der Waals surface area (Å²) in [5.41, 5.74) is 7.03. The fraction of sp³-hybridized carbons (Fsp3) is 0.462. The molecule has 94 valence electrons. The minimum Gasteiger partial charge on any atom is -0.397 e. The van der Waals surface area contributed by atoms with Crippen molar-refractivity contribution >= 4 is 17.3 Å². The van der Waals surface area contributed by atoms with Crippen LogP contribution in [-0.4, -0.2) is 29.9 Å². The Labute approximate surface area is 103 Å². The predicted molar refractivity (Wildman–Crippen MR) is 71.8 cm³/mol. The minimum atomic E-state index is -0.186. The number of likely N-dealkylation sites (N-methyl/N-ethyl adjacent to an activating group) is 1. The van der Waals surface area contributed by atoms with Crippen molar-refractivity contribution in [2.75, 3.05) is 18.1 Å². The van der Waals surface area contributed by atoms with Gasteiger partial charge >= 0.3 is 0 Å². The van der Waals surface area contributed by atoms with Crippen LogP contribution in [0.5, 0.6) is 0 Å². The van der Waals surface area contributed by atoms with Gasteiger partial charge < -0.3 is 11.1 Å². The molecule has 4 nitrogen and oxygen atoms in total. The first kappa shape index (κ1) is 13.5. The first-order valence-corrected chi connectivity index (χ1v) is 5.80. The molecule has 0 saturated heterocycles. The number of anilines is 2. The van der Waals surface area contributed by atoms with Gasteiger partial charge in [-0.2, -0.15) is 0 Å². The molecule has 0 aromatic heterocycles. The number of carbonyl (C=O) groups is 1. The largest absolute Gasteiger partial charge is 0.397 e. The quantitative estimate of drug-likeness (QED) is 0.784. The van der Waals surface area contributed by atoms with Crippen LogP contribution >= 0.6 is 0 Å². The zero-order valence-electron chi connectivity index (χ0n) is 10.9. The Morgan fingerprint density at radius 1 is 1.29 bits per heavy atom. The Hall–Kier alpha value is -1.55. The maximum Gasteiger partial charge on any atom is 0.241 e. The van der Waals surface area contributed by atoms with Crippen molar-refractivity contribution in [2.45, 2.75) is 32.9 Å². The Balaban J connectivity index is 2.70. The van der Waals surface area contributed by atoms with Crippen molar-refractivity contribution in [1.82, 2.24) is 4.90 Å². The van der Waals surface area contributed by atoms with Crippen LogP contribution in [0.1, 0.15) is 20.8 Å². The van der Waals surface area contributed by atoms with Crippen molar-refractivity contribution in [2.24, 2.45) is 0 Å². The molecule has 0 aliphatic heterocycles. The van der Waals surface area contributed by atoms with Gasteiger partial charge in [0.15, 0.2) is 0 Å². The van der Waals surface area contributed by atoms with Crippen LogP contribution < -0.4 is 11.1 Å². The number of hydrogen-bond donors (Lipinski definition) is 2. The topological polar surface area (TPSA) is 58.4 Å². The molecule has 0 saturated carbocycles. The van der Waals surface area contributed by atoms with Gasteiger partial charge in [-0.15, -0.1) is 0 Å². The molecule has 1 unspecified atom stereocenters. The lowest BCUT2D eigenvalue weighted by atomic mass is 10.2. The smallest absolute Gasteiger partial charge is 0.241 e. The molecule has 1 rings (SSSR count). The van der Waals surface area contributed by atoms with Crippen LogP contribution in [0.25, 0.3) is 0 Å². The van der Waals surface area contributed by atoms with E-state index in [-0.39, 0.29) is 11.9 Å². The standard InChI is InChI=1S/C13H21N3O/c1-9(2)16(4)10(3)13(17)15-12-8-6-5-7-11(12)14/h5-10H,14H2,1-4H3,(H,15,17). The molecule has 0 heterocycles. The summed E-state index contributed by atoms with van der Waals surface area (Å²) in [5, 5.41) is 2.84. The maximum atomic E-state index is 12.0. The van der Waals surface area contributed by atoms with Gasteiger partial charge in [-0.1, -0.05) is 12.1 Å². The minimum absolute atomic E-state index is 0.0425. The Kier molecular flexibility index (Phi) is 4.52. The number of benzene rings is 1. The average molecular weight is 235 g/mol. The third-order valence-electron chi connectivity index (χ3n) is 3.02. The highest BCUT2D eigenvalue weighted by Crippen LogP contribution is 2.17. The zero-order chi connectivity index (χ0) is 13.0. The van der Waals surface area contributed by atoms with Gasteiger partial charge in [0.2, 0.25) is 5.91 Å². The van der Waals surface area contributed by atoms with E-state index >= 15 is 0 Å². The third-order valence-corrected chi connectivity index (χ3v) is 3.02. The Morgan fingerprint density at radius 3 is 2.41 bits per heavy atom. The van der Waals surface area contributed by atoms with E-state index in [0.717, 1.165) is 0 Å². The summed E-state index contributed by atoms with van der Waals surface area (Å²) in [6.45, 7) is 6.00. The fourth-order valence-corrected chi connectivity index (χ4v) is 1.48. The number of carbonyl (C=O) groups excluding carboxylic acids is 1. The molecule has 0 spiro atoms. The molecule has 0 bridgehead atoms. The fourth-order valence-electron chi connectivity index (χ4n) is 1.48. The van der Waals surface area contributed by atoms with Crippen LogP contribution in [0.3, 0.4) is 0 Å². The molecular formula is C13H21N3O. The second-order valence-electron chi connectivity index (χ2n) is 4.51. The summed E-state index contributed by atoms with van der Waals surface area (Å²) >= 11 is 0. The van der Waals surface area contributed by atoms with Crippen LogP contribution in [0.15, 0.2) is 24.3 Å². The van der Waals surface area contributed by atoms with E-state index in [1.807, 2.05) is 31.0 Å². The second-order valence-corrected chi connectivity index (χ2v) is 4.51. The average Bonchev–Trinajstić information content (AvgIpc) is 2.30. The monoisotopic (exact) mass is 235 g/mol. The number of hydrogen-bond acceptors (Lipinski definition) is 3. The molecule has 0 radical (unpaired) electrons. The van der Waals surface area contributed by atoms with E-state index in [1.165, 1.54) is 0 Å². The molecule has 1 amide bonds. The highest BCUT2D eigenvalue weighted by molar-refractivity contribution is 5.97. The van der Waals surface area contributed by atoms with E-state index < -0.39 is 0 Å². The van der Waals surface area contributed by atoms with Crippen molar-refractivity contribution in [3.05, 3.63) is 24.3 Å². The highest BCUT2D eigenvalue weighted by Gasteiger charge is 2.20. The van der Waals surface area contributed by atoms with Gasteiger partial charge in [0, 0.05) is 6.04 Å². The van der Waals surface area contributed by atoms with Crippen molar-refractivity contribution in [3.8, 4) is 0 Å². The van der Waals surface area contributed by atoms with Gasteiger partial charge in [0.25, 0.3) is 0 Å². The SMILES string of the molecule is CC(C)N(C)C(C)C(=O)Nc1ccccc1N. The zero-order valence-corrected chi connectivity index (χ0v) is 10.9. The van der Waals surface area contributed by atoms with Crippen LogP contribution in [0.2, 0.25) is 0 Å². The van der Waals surface area contributed by atoms with Gasteiger partial charge in [-0.25, -0.2) is 0 Å². The lowest BCUT2D eigenvalue weighted by Gasteiger charge is -2.27. The maximum absolute atomic E-state index is 12.0. The molecule has 0 aliphatic carbocycles. The van der Waals surface area contributed by atoms with Crippen LogP contribution in [0, 0.1) is 0 Å². The van der Waals surface area contributed by atoms with E-state index in [1.54, 1.807) is 12.1 Å². The number of nitrogens with two attached hydrogens (primary N) is 1. The summed E-state index contributed by atoms with van der Waals surface area (Å²) < 4.78 is 0. The number of para-hydroxylation sites is 2. The van der Waals surface area contributed by atoms with E-state index in [9.17, 15) is 4.79 Å². The number of amides is 1. The number of nitrogens with one attached hydrogen (secondary N) is 1. The van der Waals surface area contributed by atoms with Crippen molar-refractivity contribution in [1.29, 1.82) is 0 Å². The third kappa shape index (κ3) is 3.46. The number of nitrogen functional groups attached to an aromatic ring is 1. The Morgan fingerprint density at radius 2 is 1.88 bits per heavy atom. The second kappa shape index (κ2) is 5.68. The summed E-state index contributed by atoms with van der Waals surface area (Å²) in [7, 11) is 1.93. The van der Waals surface area contributed by atoms with Crippen molar-refractivity contribution in [3.63, 3.8) is 0 Å². The lowest BCUT2D eigenvalue weighted by molar-refractivity contribution is -0.120. The molecule has 1 aromatic carbocycles.